The number of aromatic nitrogens is 1. The highest BCUT2D eigenvalue weighted by molar-refractivity contribution is 7.91. The van der Waals surface area contributed by atoms with Gasteiger partial charge in [-0.05, 0) is 57.6 Å². The fourth-order valence-corrected chi connectivity index (χ4v) is 8.76. The highest BCUT2D eigenvalue weighted by Crippen LogP contribution is 2.55. The quantitative estimate of drug-likeness (QED) is 0.195. The monoisotopic (exact) mass is 611 g/mol. The maximum atomic E-state index is 14.2. The Kier molecular flexibility index (Phi) is 6.74. The summed E-state index contributed by atoms with van der Waals surface area (Å²) in [4.78, 5) is 5.95. The Morgan fingerprint density at radius 1 is 0.413 bits per heavy atom. The molecule has 1 aromatic heterocycles. The normalized spacial score (nSPS) is 14.2. The van der Waals surface area contributed by atoms with E-state index in [1.54, 1.807) is 12.1 Å². The summed E-state index contributed by atoms with van der Waals surface area (Å²) in [5.41, 5.74) is 8.27. The van der Waals surface area contributed by atoms with Crippen molar-refractivity contribution in [2.75, 3.05) is 0 Å². The molecule has 0 unspecified atom stereocenters. The van der Waals surface area contributed by atoms with Gasteiger partial charge in [-0.3, -0.25) is 0 Å². The zero-order chi connectivity index (χ0) is 31.1. The number of hydrogen-bond donors (Lipinski definition) is 0. The third kappa shape index (κ3) is 4.33. The van der Waals surface area contributed by atoms with Crippen LogP contribution in [0.2, 0.25) is 0 Å². The highest BCUT2D eigenvalue weighted by atomic mass is 32.2. The van der Waals surface area contributed by atoms with Gasteiger partial charge in [-0.2, -0.15) is 0 Å². The lowest BCUT2D eigenvalue weighted by atomic mass is 9.63. The van der Waals surface area contributed by atoms with Crippen molar-refractivity contribution in [3.8, 4) is 33.6 Å². The standard InChI is InChI=1S/C42H29NO2S/c44-46(45)40-26-14-12-24-36(40)42(33-20-8-3-9-21-33,37-25-13-15-27-41(37)46)35-23-11-10-22-34(35)39-29-32(30-16-4-1-5-17-30)28-38(43-39)31-18-6-2-7-19-31/h1-29H. The molecule has 6 aromatic carbocycles. The average Bonchev–Trinajstić information content (AvgIpc) is 3.13. The lowest BCUT2D eigenvalue weighted by Gasteiger charge is -2.42. The van der Waals surface area contributed by atoms with Crippen molar-refractivity contribution in [1.29, 1.82) is 0 Å². The highest BCUT2D eigenvalue weighted by Gasteiger charge is 2.49. The molecule has 0 bridgehead atoms. The van der Waals surface area contributed by atoms with Gasteiger partial charge in [0, 0.05) is 11.1 Å². The van der Waals surface area contributed by atoms with E-state index in [2.05, 4.69) is 60.7 Å². The van der Waals surface area contributed by atoms with Gasteiger partial charge in [0.2, 0.25) is 9.84 Å². The SMILES string of the molecule is O=S1(=O)c2ccccc2C(c2ccccc2)(c2ccccc2-c2cc(-c3ccccc3)cc(-c3ccccc3)n2)c2ccccc21. The minimum atomic E-state index is -3.77. The van der Waals surface area contributed by atoms with E-state index in [9.17, 15) is 8.42 Å². The minimum Gasteiger partial charge on any atom is -0.248 e. The summed E-state index contributed by atoms with van der Waals surface area (Å²) in [6, 6.07) is 58.3. The number of fused-ring (bicyclic) bond motifs is 2. The van der Waals surface area contributed by atoms with Crippen LogP contribution < -0.4 is 0 Å². The molecule has 0 saturated carbocycles. The van der Waals surface area contributed by atoms with Crippen molar-refractivity contribution in [2.45, 2.75) is 15.2 Å². The van der Waals surface area contributed by atoms with E-state index in [1.807, 2.05) is 103 Å². The van der Waals surface area contributed by atoms with Crippen LogP contribution in [-0.2, 0) is 15.3 Å². The Morgan fingerprint density at radius 3 is 1.48 bits per heavy atom. The maximum absolute atomic E-state index is 14.2. The molecule has 0 saturated heterocycles. The molecule has 0 spiro atoms. The molecule has 3 nitrogen and oxygen atoms in total. The van der Waals surface area contributed by atoms with Crippen LogP contribution in [0.3, 0.4) is 0 Å². The summed E-state index contributed by atoms with van der Waals surface area (Å²) < 4.78 is 28.4. The van der Waals surface area contributed by atoms with Crippen LogP contribution in [-0.4, -0.2) is 13.4 Å². The van der Waals surface area contributed by atoms with Gasteiger partial charge in [-0.15, -0.1) is 0 Å². The fraction of sp³-hybridized carbons (Fsp3) is 0.0238. The molecule has 220 valence electrons. The van der Waals surface area contributed by atoms with E-state index < -0.39 is 15.3 Å². The van der Waals surface area contributed by atoms with Gasteiger partial charge in [-0.1, -0.05) is 152 Å². The summed E-state index contributed by atoms with van der Waals surface area (Å²) in [5.74, 6) is 0. The fourth-order valence-electron chi connectivity index (χ4n) is 6.99. The van der Waals surface area contributed by atoms with Crippen LogP contribution in [0.25, 0.3) is 33.6 Å². The zero-order valence-corrected chi connectivity index (χ0v) is 25.7. The van der Waals surface area contributed by atoms with Gasteiger partial charge in [0.15, 0.2) is 0 Å². The van der Waals surface area contributed by atoms with Gasteiger partial charge >= 0.3 is 0 Å². The van der Waals surface area contributed by atoms with E-state index >= 15 is 0 Å². The molecule has 0 fully saturated rings. The third-order valence-electron chi connectivity index (χ3n) is 8.98. The lowest BCUT2D eigenvalue weighted by Crippen LogP contribution is -2.38. The molecule has 0 N–H and O–H groups in total. The second-order valence-electron chi connectivity index (χ2n) is 11.5. The molecule has 46 heavy (non-hydrogen) atoms. The Morgan fingerprint density at radius 2 is 0.870 bits per heavy atom. The average molecular weight is 612 g/mol. The summed E-state index contributed by atoms with van der Waals surface area (Å²) in [5, 5.41) is 0. The summed E-state index contributed by atoms with van der Waals surface area (Å²) in [6.45, 7) is 0. The predicted molar refractivity (Wildman–Crippen MR) is 184 cm³/mol. The van der Waals surface area contributed by atoms with Crippen LogP contribution in [0, 0.1) is 0 Å². The van der Waals surface area contributed by atoms with Crippen molar-refractivity contribution in [3.63, 3.8) is 0 Å². The first-order valence-corrected chi connectivity index (χ1v) is 16.8. The van der Waals surface area contributed by atoms with Crippen LogP contribution >= 0.6 is 0 Å². The van der Waals surface area contributed by atoms with Crippen molar-refractivity contribution < 1.29 is 8.42 Å². The predicted octanol–water partition coefficient (Wildman–Crippen LogP) is 9.61. The van der Waals surface area contributed by atoms with E-state index in [1.165, 1.54) is 0 Å². The summed E-state index contributed by atoms with van der Waals surface area (Å²) in [6.07, 6.45) is 0. The Labute approximate surface area is 269 Å². The molecule has 2 heterocycles. The van der Waals surface area contributed by atoms with Gasteiger partial charge in [0.1, 0.15) is 0 Å². The molecule has 1 aliphatic rings. The van der Waals surface area contributed by atoms with Gasteiger partial charge in [0.05, 0.1) is 26.6 Å². The summed E-state index contributed by atoms with van der Waals surface area (Å²) >= 11 is 0. The smallest absolute Gasteiger partial charge is 0.207 e. The molecule has 4 heteroatoms. The van der Waals surface area contributed by atoms with E-state index in [0.29, 0.717) is 9.79 Å². The second-order valence-corrected chi connectivity index (χ2v) is 13.4. The minimum absolute atomic E-state index is 0.323. The zero-order valence-electron chi connectivity index (χ0n) is 24.9. The molecule has 0 radical (unpaired) electrons. The number of nitrogens with zero attached hydrogens (tertiary/aromatic N) is 1. The van der Waals surface area contributed by atoms with Crippen molar-refractivity contribution in [1.82, 2.24) is 4.98 Å². The molecular weight excluding hydrogens is 583 g/mol. The van der Waals surface area contributed by atoms with E-state index in [4.69, 9.17) is 4.98 Å². The number of rotatable bonds is 5. The molecule has 7 aromatic rings. The first-order valence-electron chi connectivity index (χ1n) is 15.3. The van der Waals surface area contributed by atoms with Crippen molar-refractivity contribution in [3.05, 3.63) is 198 Å². The number of pyridine rings is 1. The third-order valence-corrected chi connectivity index (χ3v) is 10.8. The number of hydrogen-bond acceptors (Lipinski definition) is 3. The first kappa shape index (κ1) is 27.9. The molecule has 1 aliphatic heterocycles. The lowest BCUT2D eigenvalue weighted by molar-refractivity contribution is 0.579. The first-order chi connectivity index (χ1) is 22.6. The van der Waals surface area contributed by atoms with Crippen molar-refractivity contribution >= 4 is 9.84 Å². The Balaban J connectivity index is 1.50. The van der Waals surface area contributed by atoms with Crippen LogP contribution in [0.5, 0.6) is 0 Å². The number of benzene rings is 6. The number of sulfone groups is 1. The maximum Gasteiger partial charge on any atom is 0.207 e. The molecular formula is C42H29NO2S. The second kappa shape index (κ2) is 11.1. The molecule has 0 atom stereocenters. The van der Waals surface area contributed by atoms with Gasteiger partial charge in [0.25, 0.3) is 0 Å². The molecule has 0 aliphatic carbocycles. The van der Waals surface area contributed by atoms with E-state index in [-0.39, 0.29) is 0 Å². The molecule has 0 amide bonds. The van der Waals surface area contributed by atoms with E-state index in [0.717, 1.165) is 55.9 Å². The van der Waals surface area contributed by atoms with Crippen LogP contribution in [0.15, 0.2) is 186 Å². The van der Waals surface area contributed by atoms with Gasteiger partial charge < -0.3 is 0 Å². The largest absolute Gasteiger partial charge is 0.248 e. The Bertz CT molecular complexity index is 2200. The summed E-state index contributed by atoms with van der Waals surface area (Å²) in [7, 11) is -3.77. The topological polar surface area (TPSA) is 47.0 Å². The van der Waals surface area contributed by atoms with Crippen LogP contribution in [0.4, 0.5) is 0 Å². The Hall–Kier alpha value is -5.58. The van der Waals surface area contributed by atoms with Crippen LogP contribution in [0.1, 0.15) is 22.3 Å². The molecule has 8 rings (SSSR count). The van der Waals surface area contributed by atoms with Crippen molar-refractivity contribution in [2.24, 2.45) is 0 Å². The van der Waals surface area contributed by atoms with Gasteiger partial charge in [-0.25, -0.2) is 13.4 Å².